The summed E-state index contributed by atoms with van der Waals surface area (Å²) in [5.41, 5.74) is 7.55. The van der Waals surface area contributed by atoms with Gasteiger partial charge in [-0.05, 0) is 49.8 Å². The quantitative estimate of drug-likeness (QED) is 0.901. The number of nitrogens with two attached hydrogens (primary N) is 1. The Morgan fingerprint density at radius 3 is 2.38 bits per heavy atom. The van der Waals surface area contributed by atoms with Crippen molar-refractivity contribution in [2.75, 3.05) is 13.1 Å². The molecule has 0 saturated carbocycles. The van der Waals surface area contributed by atoms with Crippen molar-refractivity contribution in [3.8, 4) is 5.75 Å². The third-order valence-electron chi connectivity index (χ3n) is 4.65. The Morgan fingerprint density at radius 1 is 1.21 bits per heavy atom. The van der Waals surface area contributed by atoms with Crippen LogP contribution in [0.3, 0.4) is 0 Å². The largest absolute Gasteiger partial charge is 0.481 e. The summed E-state index contributed by atoms with van der Waals surface area (Å²) in [4.78, 5) is 25.6. The molecule has 0 aromatic heterocycles. The topological polar surface area (TPSA) is 72.6 Å². The fraction of sp³-hybridized carbons (Fsp3) is 0.579. The van der Waals surface area contributed by atoms with Crippen molar-refractivity contribution in [2.45, 2.75) is 52.6 Å². The highest BCUT2D eigenvalue weighted by molar-refractivity contribution is 5.82. The van der Waals surface area contributed by atoms with E-state index in [0.717, 1.165) is 16.9 Å². The Kier molecular flexibility index (Phi) is 5.86. The molecule has 5 heteroatoms. The number of rotatable bonds is 5. The molecule has 1 aromatic rings. The van der Waals surface area contributed by atoms with Crippen LogP contribution in [0.4, 0.5) is 0 Å². The number of hydrogen-bond acceptors (Lipinski definition) is 3. The van der Waals surface area contributed by atoms with E-state index in [1.54, 1.807) is 11.8 Å². The van der Waals surface area contributed by atoms with Crippen molar-refractivity contribution >= 4 is 11.8 Å². The van der Waals surface area contributed by atoms with Crippen molar-refractivity contribution in [3.63, 3.8) is 0 Å². The van der Waals surface area contributed by atoms with Gasteiger partial charge in [0.2, 0.25) is 5.91 Å². The summed E-state index contributed by atoms with van der Waals surface area (Å²) in [6.07, 6.45) is 0.722. The van der Waals surface area contributed by atoms with Gasteiger partial charge in [-0.15, -0.1) is 0 Å². The minimum Gasteiger partial charge on any atom is -0.481 e. The standard InChI is InChI=1S/C19H28N2O3/c1-12(2)16-6-5-13(3)11-17(16)24-14(4)19(23)21-9-7-15(8-10-21)18(20)22/h5-6,11-12,14-15H,7-10H2,1-4H3,(H2,20,22)/t14-/m1/s1. The van der Waals surface area contributed by atoms with Gasteiger partial charge in [0.1, 0.15) is 5.75 Å². The van der Waals surface area contributed by atoms with E-state index in [-0.39, 0.29) is 17.7 Å². The van der Waals surface area contributed by atoms with Gasteiger partial charge in [0, 0.05) is 19.0 Å². The highest BCUT2D eigenvalue weighted by atomic mass is 16.5. The van der Waals surface area contributed by atoms with Gasteiger partial charge in [0.15, 0.2) is 6.10 Å². The Hall–Kier alpha value is -2.04. The monoisotopic (exact) mass is 332 g/mol. The number of piperidine rings is 1. The second-order valence-electron chi connectivity index (χ2n) is 6.96. The highest BCUT2D eigenvalue weighted by Gasteiger charge is 2.29. The smallest absolute Gasteiger partial charge is 0.263 e. The molecule has 1 heterocycles. The molecule has 0 spiro atoms. The Bertz CT molecular complexity index is 605. The van der Waals surface area contributed by atoms with E-state index in [9.17, 15) is 9.59 Å². The van der Waals surface area contributed by atoms with Gasteiger partial charge >= 0.3 is 0 Å². The van der Waals surface area contributed by atoms with Gasteiger partial charge in [0.25, 0.3) is 5.91 Å². The van der Waals surface area contributed by atoms with E-state index in [2.05, 4.69) is 26.0 Å². The summed E-state index contributed by atoms with van der Waals surface area (Å²) in [5, 5.41) is 0. The third kappa shape index (κ3) is 4.28. The summed E-state index contributed by atoms with van der Waals surface area (Å²) in [6.45, 7) is 9.14. The summed E-state index contributed by atoms with van der Waals surface area (Å²) < 4.78 is 5.99. The number of primary amides is 1. The van der Waals surface area contributed by atoms with E-state index in [0.29, 0.717) is 31.8 Å². The first-order valence-corrected chi connectivity index (χ1v) is 8.65. The molecule has 2 rings (SSSR count). The maximum atomic E-state index is 12.6. The van der Waals surface area contributed by atoms with Gasteiger partial charge in [-0.3, -0.25) is 9.59 Å². The Morgan fingerprint density at radius 2 is 1.83 bits per heavy atom. The van der Waals surface area contributed by atoms with Gasteiger partial charge in [-0.1, -0.05) is 26.0 Å². The van der Waals surface area contributed by atoms with E-state index in [1.807, 2.05) is 13.0 Å². The molecule has 24 heavy (non-hydrogen) atoms. The Balaban J connectivity index is 2.02. The van der Waals surface area contributed by atoms with Crippen molar-refractivity contribution in [2.24, 2.45) is 11.7 Å². The van der Waals surface area contributed by atoms with Crippen LogP contribution < -0.4 is 10.5 Å². The van der Waals surface area contributed by atoms with Crippen LogP contribution in [0.2, 0.25) is 0 Å². The number of hydrogen-bond donors (Lipinski definition) is 1. The zero-order chi connectivity index (χ0) is 17.9. The van der Waals surface area contributed by atoms with Crippen LogP contribution in [0.25, 0.3) is 0 Å². The normalized spacial score (nSPS) is 17.0. The van der Waals surface area contributed by atoms with Crippen LogP contribution in [0.15, 0.2) is 18.2 Å². The van der Waals surface area contributed by atoms with E-state index in [1.165, 1.54) is 0 Å². The lowest BCUT2D eigenvalue weighted by atomic mass is 9.96. The number of amides is 2. The van der Waals surface area contributed by atoms with E-state index in [4.69, 9.17) is 10.5 Å². The predicted octanol–water partition coefficient (Wildman–Crippen LogP) is 2.61. The summed E-state index contributed by atoms with van der Waals surface area (Å²) in [5.74, 6) is 0.684. The molecular weight excluding hydrogens is 304 g/mol. The molecule has 0 bridgehead atoms. The third-order valence-corrected chi connectivity index (χ3v) is 4.65. The molecule has 1 aliphatic rings. The lowest BCUT2D eigenvalue weighted by Gasteiger charge is -2.32. The molecule has 1 saturated heterocycles. The van der Waals surface area contributed by atoms with Crippen LogP contribution in [-0.2, 0) is 9.59 Å². The number of carbonyl (C=O) groups is 2. The molecule has 2 amide bonds. The molecule has 5 nitrogen and oxygen atoms in total. The fourth-order valence-electron chi connectivity index (χ4n) is 3.10. The number of aryl methyl sites for hydroxylation is 1. The average molecular weight is 332 g/mol. The first-order chi connectivity index (χ1) is 11.3. The van der Waals surface area contributed by atoms with Crippen molar-refractivity contribution in [3.05, 3.63) is 29.3 Å². The number of benzene rings is 1. The van der Waals surface area contributed by atoms with Crippen LogP contribution in [0.5, 0.6) is 5.75 Å². The Labute approximate surface area is 144 Å². The number of ether oxygens (including phenoxy) is 1. The first kappa shape index (κ1) is 18.3. The lowest BCUT2D eigenvalue weighted by molar-refractivity contribution is -0.140. The van der Waals surface area contributed by atoms with Gasteiger partial charge in [-0.25, -0.2) is 0 Å². The van der Waals surface area contributed by atoms with E-state index >= 15 is 0 Å². The summed E-state index contributed by atoms with van der Waals surface area (Å²) in [6, 6.07) is 6.10. The van der Waals surface area contributed by atoms with Gasteiger partial charge in [-0.2, -0.15) is 0 Å². The number of carbonyl (C=O) groups excluding carboxylic acids is 2. The van der Waals surface area contributed by atoms with Crippen LogP contribution >= 0.6 is 0 Å². The lowest BCUT2D eigenvalue weighted by Crippen LogP contribution is -2.46. The van der Waals surface area contributed by atoms with Crippen LogP contribution in [-0.4, -0.2) is 35.9 Å². The number of likely N-dealkylation sites (tertiary alicyclic amines) is 1. The van der Waals surface area contributed by atoms with Gasteiger partial charge < -0.3 is 15.4 Å². The maximum absolute atomic E-state index is 12.6. The molecule has 1 aliphatic heterocycles. The summed E-state index contributed by atoms with van der Waals surface area (Å²) in [7, 11) is 0. The van der Waals surface area contributed by atoms with Crippen LogP contribution in [0, 0.1) is 12.8 Å². The van der Waals surface area contributed by atoms with E-state index < -0.39 is 6.10 Å². The summed E-state index contributed by atoms with van der Waals surface area (Å²) >= 11 is 0. The molecular formula is C19H28N2O3. The second-order valence-corrected chi connectivity index (χ2v) is 6.96. The SMILES string of the molecule is Cc1ccc(C(C)C)c(O[C@H](C)C(=O)N2CCC(C(N)=O)CC2)c1. The zero-order valence-electron chi connectivity index (χ0n) is 15.0. The highest BCUT2D eigenvalue weighted by Crippen LogP contribution is 2.29. The van der Waals surface area contributed by atoms with Crippen molar-refractivity contribution < 1.29 is 14.3 Å². The number of nitrogens with zero attached hydrogens (tertiary/aromatic N) is 1. The predicted molar refractivity (Wildman–Crippen MR) is 93.9 cm³/mol. The molecule has 1 fully saturated rings. The maximum Gasteiger partial charge on any atom is 0.263 e. The average Bonchev–Trinajstić information content (AvgIpc) is 2.54. The van der Waals surface area contributed by atoms with Crippen molar-refractivity contribution in [1.29, 1.82) is 0 Å². The molecule has 132 valence electrons. The molecule has 0 aliphatic carbocycles. The van der Waals surface area contributed by atoms with Crippen molar-refractivity contribution in [1.82, 2.24) is 4.90 Å². The second kappa shape index (κ2) is 7.69. The fourth-order valence-corrected chi connectivity index (χ4v) is 3.10. The minimum atomic E-state index is -0.547. The molecule has 1 atom stereocenters. The molecule has 0 unspecified atom stereocenters. The zero-order valence-corrected chi connectivity index (χ0v) is 15.0. The molecule has 0 radical (unpaired) electrons. The molecule has 2 N–H and O–H groups in total. The van der Waals surface area contributed by atoms with Gasteiger partial charge in [0.05, 0.1) is 0 Å². The molecule has 1 aromatic carbocycles. The van der Waals surface area contributed by atoms with Crippen LogP contribution in [0.1, 0.15) is 50.7 Å². The minimum absolute atomic E-state index is 0.0332. The first-order valence-electron chi connectivity index (χ1n) is 8.65.